The van der Waals surface area contributed by atoms with Crippen LogP contribution in [0.15, 0.2) is 108 Å². The molecule has 2 aliphatic heterocycles. The van der Waals surface area contributed by atoms with Gasteiger partial charge in [0, 0.05) is 17.7 Å². The summed E-state index contributed by atoms with van der Waals surface area (Å²) < 4.78 is 26.1. The molecular weight excluding hydrogens is 634 g/mol. The molecule has 11 heteroatoms. The minimum atomic E-state index is -0.795. The quantitative estimate of drug-likeness (QED) is 0.107. The maximum atomic E-state index is 13.1. The summed E-state index contributed by atoms with van der Waals surface area (Å²) >= 11 is 0. The molecule has 2 aliphatic rings. The Morgan fingerprint density at radius 1 is 0.571 bits per heavy atom. The number of aliphatic hydroxyl groups is 3. The maximum Gasteiger partial charge on any atom is 0.293 e. The first kappa shape index (κ1) is 35.9. The number of aryl methyl sites for hydroxylation is 2. The summed E-state index contributed by atoms with van der Waals surface area (Å²) in [7, 11) is 0. The Bertz CT molecular complexity index is 1780. The monoisotopic (exact) mass is 668 g/mol. The molecule has 49 heavy (non-hydrogen) atoms. The fourth-order valence-electron chi connectivity index (χ4n) is 5.08. The molecule has 0 radical (unpaired) electrons. The largest absolute Gasteiger partial charge is 0.507 e. The van der Waals surface area contributed by atoms with Crippen LogP contribution in [0, 0.1) is 25.5 Å². The topological polar surface area (TPSA) is 153 Å². The lowest BCUT2D eigenvalue weighted by Crippen LogP contribution is -2.21. The van der Waals surface area contributed by atoms with Crippen molar-refractivity contribution in [1.29, 1.82) is 0 Å². The van der Waals surface area contributed by atoms with Gasteiger partial charge in [0.15, 0.2) is 0 Å². The molecule has 2 fully saturated rings. The summed E-state index contributed by atoms with van der Waals surface area (Å²) in [6, 6.07) is 23.2. The zero-order chi connectivity index (χ0) is 35.8. The maximum absolute atomic E-state index is 13.1. The summed E-state index contributed by atoms with van der Waals surface area (Å²) in [5, 5.41) is 33.6. The summed E-state index contributed by atoms with van der Waals surface area (Å²) in [5.74, 6) is -4.46. The van der Waals surface area contributed by atoms with Gasteiger partial charge in [0.25, 0.3) is 23.4 Å². The molecule has 5 N–H and O–H groups in total. The van der Waals surface area contributed by atoms with Crippen LogP contribution in [0.3, 0.4) is 0 Å². The Kier molecular flexibility index (Phi) is 11.6. The van der Waals surface area contributed by atoms with E-state index in [1.165, 1.54) is 48.5 Å². The van der Waals surface area contributed by atoms with Crippen molar-refractivity contribution in [2.24, 2.45) is 0 Å². The molecule has 9 nitrogen and oxygen atoms in total. The Balaban J connectivity index is 0.000000205. The fourth-order valence-corrected chi connectivity index (χ4v) is 5.08. The number of hydrogen-bond acceptors (Lipinski definition) is 7. The highest BCUT2D eigenvalue weighted by Gasteiger charge is 2.40. The van der Waals surface area contributed by atoms with E-state index in [-0.39, 0.29) is 29.3 Å². The third-order valence-electron chi connectivity index (χ3n) is 7.60. The number of halogens is 2. The van der Waals surface area contributed by atoms with Gasteiger partial charge in [0.2, 0.25) is 0 Å². The highest BCUT2D eigenvalue weighted by atomic mass is 19.1. The lowest BCUT2D eigenvalue weighted by Gasteiger charge is -2.13. The van der Waals surface area contributed by atoms with Crippen LogP contribution in [-0.2, 0) is 19.2 Å². The van der Waals surface area contributed by atoms with Crippen molar-refractivity contribution in [1.82, 2.24) is 10.6 Å². The lowest BCUT2D eigenvalue weighted by atomic mass is 9.95. The molecule has 252 valence electrons. The molecule has 0 aliphatic carbocycles. The second-order valence-corrected chi connectivity index (χ2v) is 11.1. The Hall–Kier alpha value is -5.94. The molecule has 2 saturated heterocycles. The van der Waals surface area contributed by atoms with E-state index in [1.54, 1.807) is 55.5 Å². The standard InChI is InChI=1S/2C18H14FNO3.C2H6O/c2*1-10-2-4-12(5-3-10)16(21)14-15(20-18(23)17(14)22)11-6-8-13(19)9-7-11;1-2-3/h2*2-9,15,21H,1H3,(H,20,23);3H,2H2,1H3/b2*16-14+;. The normalized spacial score (nSPS) is 18.8. The number of rotatable bonds is 4. The molecule has 0 saturated carbocycles. The van der Waals surface area contributed by atoms with Crippen molar-refractivity contribution in [3.8, 4) is 0 Å². The van der Waals surface area contributed by atoms with Gasteiger partial charge < -0.3 is 26.0 Å². The predicted octanol–water partition coefficient (Wildman–Crippen LogP) is 5.69. The zero-order valence-corrected chi connectivity index (χ0v) is 26.8. The van der Waals surface area contributed by atoms with E-state index in [0.717, 1.165) is 11.1 Å². The van der Waals surface area contributed by atoms with Crippen LogP contribution in [0.5, 0.6) is 0 Å². The molecule has 4 aromatic rings. The van der Waals surface area contributed by atoms with E-state index in [4.69, 9.17) is 5.11 Å². The average Bonchev–Trinajstić information content (AvgIpc) is 3.55. The summed E-state index contributed by atoms with van der Waals surface area (Å²) in [4.78, 5) is 47.8. The number of nitrogens with one attached hydrogen (secondary N) is 2. The fraction of sp³-hybridized carbons (Fsp3) is 0.158. The predicted molar refractivity (Wildman–Crippen MR) is 179 cm³/mol. The van der Waals surface area contributed by atoms with Gasteiger partial charge in [-0.25, -0.2) is 8.78 Å². The van der Waals surface area contributed by atoms with Crippen molar-refractivity contribution >= 4 is 34.9 Å². The van der Waals surface area contributed by atoms with Crippen molar-refractivity contribution in [3.63, 3.8) is 0 Å². The van der Waals surface area contributed by atoms with Gasteiger partial charge in [-0.05, 0) is 56.2 Å². The van der Waals surface area contributed by atoms with Crippen LogP contribution in [0.4, 0.5) is 8.78 Å². The van der Waals surface area contributed by atoms with Crippen LogP contribution >= 0.6 is 0 Å². The Morgan fingerprint density at radius 2 is 0.857 bits per heavy atom. The van der Waals surface area contributed by atoms with E-state index in [2.05, 4.69) is 10.6 Å². The second kappa shape index (κ2) is 15.8. The molecule has 6 rings (SSSR count). The van der Waals surface area contributed by atoms with Crippen molar-refractivity contribution in [2.75, 3.05) is 6.61 Å². The van der Waals surface area contributed by atoms with Crippen molar-refractivity contribution in [2.45, 2.75) is 32.9 Å². The first-order valence-corrected chi connectivity index (χ1v) is 15.2. The molecule has 0 aromatic heterocycles. The van der Waals surface area contributed by atoms with Crippen molar-refractivity contribution < 1.29 is 43.3 Å². The molecule has 0 bridgehead atoms. The zero-order valence-electron chi connectivity index (χ0n) is 26.8. The van der Waals surface area contributed by atoms with Gasteiger partial charge in [-0.2, -0.15) is 0 Å². The molecule has 2 atom stereocenters. The van der Waals surface area contributed by atoms with Gasteiger partial charge in [-0.15, -0.1) is 0 Å². The SMILES string of the molecule is CCO.Cc1ccc(/C(O)=C2\C(=O)C(=O)NC2c2ccc(F)cc2)cc1.Cc1ccc(/C(O)=C2\C(=O)C(=O)NC2c2ccc(F)cc2)cc1. The first-order chi connectivity index (χ1) is 23.4. The number of Topliss-reactive ketones (excluding diaryl/α,β-unsaturated/α-hetero) is 2. The van der Waals surface area contributed by atoms with Crippen LogP contribution in [0.25, 0.3) is 11.5 Å². The van der Waals surface area contributed by atoms with Gasteiger partial charge in [-0.3, -0.25) is 19.2 Å². The van der Waals surface area contributed by atoms with Crippen LogP contribution < -0.4 is 10.6 Å². The second-order valence-electron chi connectivity index (χ2n) is 11.1. The highest BCUT2D eigenvalue weighted by Crippen LogP contribution is 2.34. The van der Waals surface area contributed by atoms with Gasteiger partial charge in [-0.1, -0.05) is 83.9 Å². The summed E-state index contributed by atoms with van der Waals surface area (Å²) in [5.41, 5.74) is 3.92. The number of benzene rings is 4. The number of hydrogen-bond donors (Lipinski definition) is 5. The van der Waals surface area contributed by atoms with E-state index >= 15 is 0 Å². The molecule has 2 unspecified atom stereocenters. The number of carbonyl (C=O) groups is 4. The molecule has 2 amide bonds. The lowest BCUT2D eigenvalue weighted by molar-refractivity contribution is -0.133. The minimum Gasteiger partial charge on any atom is -0.507 e. The number of aliphatic hydroxyl groups excluding tert-OH is 3. The van der Waals surface area contributed by atoms with Gasteiger partial charge in [0.1, 0.15) is 23.2 Å². The highest BCUT2D eigenvalue weighted by molar-refractivity contribution is 6.47. The number of ketones is 2. The van der Waals surface area contributed by atoms with Gasteiger partial charge >= 0.3 is 0 Å². The third-order valence-corrected chi connectivity index (χ3v) is 7.60. The Morgan fingerprint density at radius 3 is 1.14 bits per heavy atom. The Labute approximate surface area is 281 Å². The van der Waals surface area contributed by atoms with Crippen LogP contribution in [0.1, 0.15) is 52.4 Å². The number of amides is 2. The molecule has 2 heterocycles. The first-order valence-electron chi connectivity index (χ1n) is 15.2. The van der Waals surface area contributed by atoms with E-state index in [1.807, 2.05) is 13.8 Å². The van der Waals surface area contributed by atoms with E-state index in [9.17, 15) is 38.2 Å². The summed E-state index contributed by atoms with van der Waals surface area (Å²) in [6.07, 6.45) is 0. The number of carbonyl (C=O) groups excluding carboxylic acids is 4. The minimum absolute atomic E-state index is 0.0227. The van der Waals surface area contributed by atoms with E-state index in [0.29, 0.717) is 22.3 Å². The van der Waals surface area contributed by atoms with Gasteiger partial charge in [0.05, 0.1) is 23.2 Å². The third kappa shape index (κ3) is 8.32. The molecule has 0 spiro atoms. The summed E-state index contributed by atoms with van der Waals surface area (Å²) in [6.45, 7) is 5.74. The van der Waals surface area contributed by atoms with E-state index < -0.39 is 47.1 Å². The van der Waals surface area contributed by atoms with Crippen molar-refractivity contribution in [3.05, 3.63) is 153 Å². The smallest absolute Gasteiger partial charge is 0.293 e. The average molecular weight is 669 g/mol. The molecule has 4 aromatic carbocycles. The van der Waals surface area contributed by atoms with Crippen LogP contribution in [0.2, 0.25) is 0 Å². The van der Waals surface area contributed by atoms with Crippen LogP contribution in [-0.4, -0.2) is 45.3 Å². The molecular formula is C38H34F2N2O7.